The molecule has 2 aliphatic carbocycles. The van der Waals surface area contributed by atoms with E-state index in [2.05, 4.69) is 23.8 Å². The number of aryl methyl sites for hydroxylation is 1. The van der Waals surface area contributed by atoms with Crippen LogP contribution in [0.1, 0.15) is 61.2 Å². The first-order chi connectivity index (χ1) is 8.70. The fourth-order valence-corrected chi connectivity index (χ4v) is 4.56. The van der Waals surface area contributed by atoms with Crippen LogP contribution in [0.15, 0.2) is 6.07 Å². The molecule has 3 unspecified atom stereocenters. The van der Waals surface area contributed by atoms with Crippen LogP contribution in [0.25, 0.3) is 0 Å². The maximum atomic E-state index is 10.1. The highest BCUT2D eigenvalue weighted by atomic mass is 32.2. The summed E-state index contributed by atoms with van der Waals surface area (Å²) < 4.78 is 2.55. The predicted octanol–water partition coefficient (Wildman–Crippen LogP) is 3.62. The van der Waals surface area contributed by atoms with Crippen molar-refractivity contribution in [2.45, 2.75) is 62.8 Å². The Hall–Kier alpha value is -0.410. The molecule has 0 amide bonds. The van der Waals surface area contributed by atoms with E-state index in [9.17, 15) is 5.11 Å². The summed E-state index contributed by atoms with van der Waals surface area (Å²) in [5, 5.41) is 11.0. The number of aliphatic hydroxyl groups excluding tert-OH is 1. The Morgan fingerprint density at radius 1 is 1.33 bits per heavy atom. The molecular weight excluding hydrogens is 242 g/mol. The van der Waals surface area contributed by atoms with E-state index >= 15 is 0 Å². The minimum atomic E-state index is -0.216. The average Bonchev–Trinajstić information content (AvgIpc) is 2.93. The molecule has 0 saturated heterocycles. The monoisotopic (exact) mass is 265 g/mol. The third-order valence-electron chi connectivity index (χ3n) is 4.67. The lowest BCUT2D eigenvalue weighted by atomic mass is 9.95. The van der Waals surface area contributed by atoms with Gasteiger partial charge >= 0.3 is 0 Å². The normalized spacial score (nSPS) is 31.6. The zero-order valence-electron chi connectivity index (χ0n) is 11.4. The van der Waals surface area contributed by atoms with E-state index < -0.39 is 0 Å². The van der Waals surface area contributed by atoms with E-state index in [0.717, 1.165) is 24.5 Å². The highest BCUT2D eigenvalue weighted by Gasteiger charge is 2.30. The van der Waals surface area contributed by atoms with Crippen molar-refractivity contribution in [2.24, 2.45) is 0 Å². The van der Waals surface area contributed by atoms with Crippen molar-refractivity contribution >= 4 is 11.8 Å². The van der Waals surface area contributed by atoms with Crippen LogP contribution in [-0.2, 0) is 6.42 Å². The minimum Gasteiger partial charge on any atom is -0.388 e. The number of nitrogens with zero attached hydrogens (tertiary/aromatic N) is 1. The lowest BCUT2D eigenvalue weighted by molar-refractivity contribution is 0.155. The molecule has 1 N–H and O–H groups in total. The van der Waals surface area contributed by atoms with E-state index in [1.165, 1.54) is 36.2 Å². The first kappa shape index (κ1) is 12.6. The van der Waals surface area contributed by atoms with Crippen molar-refractivity contribution in [3.05, 3.63) is 23.0 Å². The molecule has 18 heavy (non-hydrogen) atoms. The molecule has 2 aliphatic rings. The second kappa shape index (κ2) is 4.93. The SMILES string of the molecule is CSC1CCC(n2c(C)cc3c2CCCC3O)C1. The lowest BCUT2D eigenvalue weighted by Gasteiger charge is -2.24. The Morgan fingerprint density at radius 3 is 2.89 bits per heavy atom. The molecule has 0 spiro atoms. The van der Waals surface area contributed by atoms with Gasteiger partial charge < -0.3 is 9.67 Å². The first-order valence-corrected chi connectivity index (χ1v) is 8.41. The standard InChI is InChI=1S/C15H23NOS/c1-10-8-13-14(4-3-5-15(13)17)16(10)11-6-7-12(9-11)18-2/h8,11-12,15,17H,3-7,9H2,1-2H3. The molecule has 1 aromatic heterocycles. The van der Waals surface area contributed by atoms with Gasteiger partial charge in [-0.05, 0) is 57.8 Å². The molecule has 3 atom stereocenters. The topological polar surface area (TPSA) is 25.2 Å². The second-order valence-electron chi connectivity index (χ2n) is 5.79. The van der Waals surface area contributed by atoms with Gasteiger partial charge in [-0.15, -0.1) is 0 Å². The van der Waals surface area contributed by atoms with Crippen LogP contribution >= 0.6 is 11.8 Å². The summed E-state index contributed by atoms with van der Waals surface area (Å²) in [5.41, 5.74) is 4.00. The molecule has 0 radical (unpaired) electrons. The minimum absolute atomic E-state index is 0.216. The molecule has 0 aromatic carbocycles. The van der Waals surface area contributed by atoms with Crippen molar-refractivity contribution in [1.82, 2.24) is 4.57 Å². The van der Waals surface area contributed by atoms with E-state index in [4.69, 9.17) is 0 Å². The van der Waals surface area contributed by atoms with E-state index in [-0.39, 0.29) is 6.10 Å². The lowest BCUT2D eigenvalue weighted by Crippen LogP contribution is -2.16. The largest absolute Gasteiger partial charge is 0.388 e. The van der Waals surface area contributed by atoms with Gasteiger partial charge in [0.15, 0.2) is 0 Å². The number of aliphatic hydroxyl groups is 1. The number of thioether (sulfide) groups is 1. The first-order valence-electron chi connectivity index (χ1n) is 7.12. The zero-order valence-corrected chi connectivity index (χ0v) is 12.2. The third-order valence-corrected chi connectivity index (χ3v) is 5.77. The molecule has 2 nitrogen and oxygen atoms in total. The van der Waals surface area contributed by atoms with Crippen LogP contribution in [-0.4, -0.2) is 21.2 Å². The highest BCUT2D eigenvalue weighted by Crippen LogP contribution is 2.41. The number of rotatable bonds is 2. The average molecular weight is 265 g/mol. The van der Waals surface area contributed by atoms with Gasteiger partial charge in [0.2, 0.25) is 0 Å². The van der Waals surface area contributed by atoms with Gasteiger partial charge in [-0.1, -0.05) is 0 Å². The van der Waals surface area contributed by atoms with Crippen LogP contribution in [0, 0.1) is 6.92 Å². The van der Waals surface area contributed by atoms with Crippen LogP contribution in [0.3, 0.4) is 0 Å². The van der Waals surface area contributed by atoms with Gasteiger partial charge in [0.05, 0.1) is 6.10 Å². The molecule has 3 heteroatoms. The van der Waals surface area contributed by atoms with E-state index in [0.29, 0.717) is 6.04 Å². The van der Waals surface area contributed by atoms with Gasteiger partial charge in [-0.25, -0.2) is 0 Å². The molecule has 1 saturated carbocycles. The molecule has 0 bridgehead atoms. The summed E-state index contributed by atoms with van der Waals surface area (Å²) in [6.45, 7) is 2.21. The van der Waals surface area contributed by atoms with Gasteiger partial charge in [0.1, 0.15) is 0 Å². The molecular formula is C15H23NOS. The zero-order chi connectivity index (χ0) is 12.7. The van der Waals surface area contributed by atoms with Crippen molar-refractivity contribution in [3.8, 4) is 0 Å². The Morgan fingerprint density at radius 2 is 2.17 bits per heavy atom. The van der Waals surface area contributed by atoms with Crippen molar-refractivity contribution < 1.29 is 5.11 Å². The van der Waals surface area contributed by atoms with Crippen molar-refractivity contribution in [2.75, 3.05) is 6.26 Å². The summed E-state index contributed by atoms with van der Waals surface area (Å²) in [6, 6.07) is 2.91. The van der Waals surface area contributed by atoms with Crippen molar-refractivity contribution in [1.29, 1.82) is 0 Å². The van der Waals surface area contributed by atoms with Crippen LogP contribution in [0.2, 0.25) is 0 Å². The van der Waals surface area contributed by atoms with E-state index in [1.54, 1.807) is 0 Å². The Labute approximate surface area is 114 Å². The van der Waals surface area contributed by atoms with Crippen LogP contribution in [0.5, 0.6) is 0 Å². The number of fused-ring (bicyclic) bond motifs is 1. The summed E-state index contributed by atoms with van der Waals surface area (Å²) in [4.78, 5) is 0. The highest BCUT2D eigenvalue weighted by molar-refractivity contribution is 7.99. The van der Waals surface area contributed by atoms with Gasteiger partial charge in [0.25, 0.3) is 0 Å². The van der Waals surface area contributed by atoms with Crippen LogP contribution in [0.4, 0.5) is 0 Å². The quantitative estimate of drug-likeness (QED) is 0.883. The summed E-state index contributed by atoms with van der Waals surface area (Å²) >= 11 is 2.01. The Balaban J connectivity index is 1.93. The number of hydrogen-bond acceptors (Lipinski definition) is 2. The molecule has 1 aromatic rings. The van der Waals surface area contributed by atoms with Gasteiger partial charge in [-0.3, -0.25) is 0 Å². The summed E-state index contributed by atoms with van der Waals surface area (Å²) in [5.74, 6) is 0. The maximum Gasteiger partial charge on any atom is 0.0807 e. The number of aromatic nitrogens is 1. The third kappa shape index (κ3) is 2.01. The molecule has 100 valence electrons. The molecule has 1 fully saturated rings. The van der Waals surface area contributed by atoms with E-state index in [1.807, 2.05) is 11.8 Å². The molecule has 3 rings (SSSR count). The van der Waals surface area contributed by atoms with Crippen LogP contribution < -0.4 is 0 Å². The second-order valence-corrected chi connectivity index (χ2v) is 6.93. The number of hydrogen-bond donors (Lipinski definition) is 1. The van der Waals surface area contributed by atoms with Crippen molar-refractivity contribution in [3.63, 3.8) is 0 Å². The maximum absolute atomic E-state index is 10.1. The van der Waals surface area contributed by atoms with Gasteiger partial charge in [0, 0.05) is 28.2 Å². The summed E-state index contributed by atoms with van der Waals surface area (Å²) in [7, 11) is 0. The predicted molar refractivity (Wildman–Crippen MR) is 77.3 cm³/mol. The Kier molecular flexibility index (Phi) is 3.46. The summed E-state index contributed by atoms with van der Waals surface area (Å²) in [6.07, 6.45) is 9.20. The fraction of sp³-hybridized carbons (Fsp3) is 0.733. The molecule has 0 aliphatic heterocycles. The smallest absolute Gasteiger partial charge is 0.0807 e. The molecule has 1 heterocycles. The van der Waals surface area contributed by atoms with Gasteiger partial charge in [-0.2, -0.15) is 11.8 Å². The Bertz CT molecular complexity index is 440. The fourth-order valence-electron chi connectivity index (χ4n) is 3.78.